The molecule has 3 N–H and O–H groups in total. The number of rotatable bonds is 7. The smallest absolute Gasteiger partial charge is 0.245 e. The van der Waals surface area contributed by atoms with E-state index in [0.29, 0.717) is 23.1 Å². The highest BCUT2D eigenvalue weighted by molar-refractivity contribution is 7.91. The molecule has 33 heavy (non-hydrogen) atoms. The highest BCUT2D eigenvalue weighted by atomic mass is 32.2. The predicted octanol–water partition coefficient (Wildman–Crippen LogP) is 1.12. The van der Waals surface area contributed by atoms with Gasteiger partial charge in [0, 0.05) is 25.6 Å². The molecule has 1 unspecified atom stereocenters. The van der Waals surface area contributed by atoms with Gasteiger partial charge in [-0.2, -0.15) is 0 Å². The summed E-state index contributed by atoms with van der Waals surface area (Å²) in [6, 6.07) is 11.4. The Morgan fingerprint density at radius 2 is 1.76 bits per heavy atom. The Morgan fingerprint density at radius 1 is 1.09 bits per heavy atom. The maximum absolute atomic E-state index is 12.6. The minimum atomic E-state index is -3.88. The van der Waals surface area contributed by atoms with E-state index >= 15 is 0 Å². The van der Waals surface area contributed by atoms with Crippen LogP contribution in [-0.4, -0.2) is 52.1 Å². The number of thiazole rings is 1. The summed E-state index contributed by atoms with van der Waals surface area (Å²) in [5.74, 6) is -1.17. The zero-order valence-corrected chi connectivity index (χ0v) is 20.0. The van der Waals surface area contributed by atoms with E-state index in [2.05, 4.69) is 10.3 Å². The molecular weight excluding hydrogens is 486 g/mol. The fourth-order valence-corrected chi connectivity index (χ4v) is 6.70. The molecule has 0 aliphatic heterocycles. The van der Waals surface area contributed by atoms with Gasteiger partial charge in [-0.05, 0) is 34.4 Å². The van der Waals surface area contributed by atoms with Gasteiger partial charge in [-0.3, -0.25) is 9.59 Å². The number of nitrogens with two attached hydrogens (primary N) is 1. The normalized spacial score (nSPS) is 14.9. The number of aromatic nitrogens is 1. The molecule has 174 valence electrons. The molecule has 1 heterocycles. The molecule has 1 aliphatic rings. The van der Waals surface area contributed by atoms with Crippen LogP contribution >= 0.6 is 11.3 Å². The summed E-state index contributed by atoms with van der Waals surface area (Å²) in [4.78, 5) is 28.7. The molecule has 1 amide bonds. The molecule has 0 saturated heterocycles. The van der Waals surface area contributed by atoms with Crippen LogP contribution in [0.2, 0.25) is 0 Å². The van der Waals surface area contributed by atoms with Crippen molar-refractivity contribution in [3.63, 3.8) is 0 Å². The number of Topliss-reactive ketones (excluding diaryl/α,β-unsaturated/α-hetero) is 1. The fourth-order valence-electron chi connectivity index (χ4n) is 3.76. The Hall–Kier alpha value is -2.67. The van der Waals surface area contributed by atoms with Crippen LogP contribution in [0.25, 0.3) is 21.3 Å². The lowest BCUT2D eigenvalue weighted by Gasteiger charge is -2.12. The lowest BCUT2D eigenvalue weighted by atomic mass is 10.0. The molecule has 0 fully saturated rings. The molecule has 9 nitrogen and oxygen atoms in total. The first kappa shape index (κ1) is 23.5. The second-order valence-electron chi connectivity index (χ2n) is 7.98. The van der Waals surface area contributed by atoms with Gasteiger partial charge >= 0.3 is 0 Å². The number of ketones is 1. The maximum Gasteiger partial charge on any atom is 0.245 e. The Labute approximate surface area is 195 Å². The van der Waals surface area contributed by atoms with Crippen LogP contribution in [0.1, 0.15) is 21.4 Å². The van der Waals surface area contributed by atoms with Gasteiger partial charge in [-0.1, -0.05) is 24.3 Å². The van der Waals surface area contributed by atoms with Crippen LogP contribution in [0.4, 0.5) is 0 Å². The molecule has 0 spiro atoms. The van der Waals surface area contributed by atoms with Crippen LogP contribution in [0.15, 0.2) is 36.4 Å². The molecule has 1 aliphatic carbocycles. The van der Waals surface area contributed by atoms with E-state index in [1.165, 1.54) is 0 Å². The van der Waals surface area contributed by atoms with Crippen LogP contribution in [0.3, 0.4) is 0 Å². The summed E-state index contributed by atoms with van der Waals surface area (Å²) in [5.41, 5.74) is 4.40. The van der Waals surface area contributed by atoms with Crippen molar-refractivity contribution in [1.29, 1.82) is 0 Å². The molecule has 0 bridgehead atoms. The summed E-state index contributed by atoms with van der Waals surface area (Å²) in [6.45, 7) is -0.306. The van der Waals surface area contributed by atoms with Gasteiger partial charge in [0.05, 0.1) is 16.0 Å². The maximum atomic E-state index is 12.6. The highest BCUT2D eigenvalue weighted by Gasteiger charge is 2.34. The average Bonchev–Trinajstić information content (AvgIpc) is 3.26. The quantitative estimate of drug-likeness (QED) is 0.486. The van der Waals surface area contributed by atoms with Crippen molar-refractivity contribution in [1.82, 2.24) is 10.3 Å². The van der Waals surface area contributed by atoms with Gasteiger partial charge in [0.15, 0.2) is 15.1 Å². The molecule has 0 radical (unpaired) electrons. The van der Waals surface area contributed by atoms with E-state index in [4.69, 9.17) is 5.14 Å². The van der Waals surface area contributed by atoms with Gasteiger partial charge in [-0.25, -0.2) is 27.0 Å². The Kier molecular flexibility index (Phi) is 6.12. The molecule has 4 rings (SSSR count). The zero-order valence-electron chi connectivity index (χ0n) is 17.6. The molecule has 0 saturated carbocycles. The molecule has 1 aromatic heterocycles. The van der Waals surface area contributed by atoms with Crippen molar-refractivity contribution in [3.05, 3.63) is 52.5 Å². The number of benzene rings is 2. The third-order valence-electron chi connectivity index (χ3n) is 5.30. The number of carbonyl (C=O) groups is 2. The first-order valence-electron chi connectivity index (χ1n) is 9.92. The third-order valence-corrected chi connectivity index (χ3v) is 8.60. The van der Waals surface area contributed by atoms with E-state index in [9.17, 15) is 26.4 Å². The number of fused-ring (bicyclic) bond motifs is 2. The Morgan fingerprint density at radius 3 is 2.45 bits per heavy atom. The van der Waals surface area contributed by atoms with Crippen LogP contribution in [0.5, 0.6) is 0 Å². The van der Waals surface area contributed by atoms with Gasteiger partial charge in [0.1, 0.15) is 10.8 Å². The second kappa shape index (κ2) is 8.60. The molecule has 12 heteroatoms. The average molecular weight is 508 g/mol. The lowest BCUT2D eigenvalue weighted by molar-refractivity contribution is -0.120. The van der Waals surface area contributed by atoms with Gasteiger partial charge < -0.3 is 5.32 Å². The van der Waals surface area contributed by atoms with Gasteiger partial charge in [0.25, 0.3) is 0 Å². The van der Waals surface area contributed by atoms with Crippen molar-refractivity contribution < 1.29 is 26.4 Å². The Balaban J connectivity index is 1.64. The third kappa shape index (κ3) is 5.29. The van der Waals surface area contributed by atoms with Crippen LogP contribution in [-0.2, 0) is 42.3 Å². The minimum Gasteiger partial charge on any atom is -0.354 e. The molecular formula is C21H21N3O6S3. The number of carbonyl (C=O) groups excluding carboxylic acids is 2. The van der Waals surface area contributed by atoms with Gasteiger partial charge in [-0.15, -0.1) is 11.3 Å². The van der Waals surface area contributed by atoms with E-state index in [1.807, 2.05) is 30.3 Å². The second-order valence-corrected chi connectivity index (χ2v) is 12.9. The summed E-state index contributed by atoms with van der Waals surface area (Å²) < 4.78 is 47.6. The number of hydrogen-bond donors (Lipinski definition) is 2. The SMILES string of the molecule is CS(=O)(=O)C(C(=O)NCCS(N)(=O)=O)c1nc2ccc(-c3ccc4c(c3)CC(=O)C4)cc2s1. The monoisotopic (exact) mass is 507 g/mol. The molecule has 3 aromatic rings. The molecule has 1 atom stereocenters. The summed E-state index contributed by atoms with van der Waals surface area (Å²) >= 11 is 1.09. The predicted molar refractivity (Wildman–Crippen MR) is 126 cm³/mol. The van der Waals surface area contributed by atoms with Crippen molar-refractivity contribution in [2.45, 2.75) is 18.1 Å². The zero-order chi connectivity index (χ0) is 24.0. The fraction of sp³-hybridized carbons (Fsp3) is 0.286. The van der Waals surface area contributed by atoms with Gasteiger partial charge in [0.2, 0.25) is 15.9 Å². The highest BCUT2D eigenvalue weighted by Crippen LogP contribution is 2.34. The largest absolute Gasteiger partial charge is 0.354 e. The van der Waals surface area contributed by atoms with E-state index in [0.717, 1.165) is 39.8 Å². The number of hydrogen-bond acceptors (Lipinski definition) is 8. The van der Waals surface area contributed by atoms with Crippen LogP contribution < -0.4 is 10.5 Å². The van der Waals surface area contributed by atoms with Crippen molar-refractivity contribution in [2.24, 2.45) is 5.14 Å². The van der Waals surface area contributed by atoms with E-state index < -0.39 is 36.8 Å². The van der Waals surface area contributed by atoms with Crippen molar-refractivity contribution >= 4 is 53.1 Å². The summed E-state index contributed by atoms with van der Waals surface area (Å²) in [6.07, 6.45) is 1.81. The standard InChI is InChI=1S/C21H21N3O6S3/c1-32(27,28)19(20(26)23-6-7-33(22,29)30)21-24-17-5-4-14(11-18(17)31-21)12-2-3-13-9-16(25)10-15(13)8-12/h2-5,8,11,19H,6-7,9-10H2,1H3,(H,23,26)(H2,22,29,30). The summed E-state index contributed by atoms with van der Waals surface area (Å²) in [5, 5.41) is 5.77. The number of nitrogens with one attached hydrogen (secondary N) is 1. The van der Waals surface area contributed by atoms with Crippen LogP contribution in [0, 0.1) is 0 Å². The number of sulfonamides is 1. The minimum absolute atomic E-state index is 0.0947. The number of primary sulfonamides is 1. The van der Waals surface area contributed by atoms with Crippen molar-refractivity contribution in [3.8, 4) is 11.1 Å². The van der Waals surface area contributed by atoms with E-state index in [1.54, 1.807) is 6.07 Å². The Bertz CT molecular complexity index is 1490. The van der Waals surface area contributed by atoms with Crippen molar-refractivity contribution in [2.75, 3.05) is 18.6 Å². The first-order chi connectivity index (χ1) is 15.4. The summed E-state index contributed by atoms with van der Waals surface area (Å²) in [7, 11) is -7.68. The number of nitrogens with zero attached hydrogens (tertiary/aromatic N) is 1. The number of sulfone groups is 1. The topological polar surface area (TPSA) is 153 Å². The molecule has 2 aromatic carbocycles. The van der Waals surface area contributed by atoms with E-state index in [-0.39, 0.29) is 17.3 Å². The number of amides is 1. The first-order valence-corrected chi connectivity index (χ1v) is 14.4. The lowest BCUT2D eigenvalue weighted by Crippen LogP contribution is -2.37.